The summed E-state index contributed by atoms with van der Waals surface area (Å²) in [7, 11) is 1.66. The van der Waals surface area contributed by atoms with Gasteiger partial charge in [0.05, 0.1) is 12.2 Å². The molecule has 0 unspecified atom stereocenters. The van der Waals surface area contributed by atoms with E-state index < -0.39 is 0 Å². The Morgan fingerprint density at radius 2 is 1.72 bits per heavy atom. The third-order valence-corrected chi connectivity index (χ3v) is 5.96. The number of anilines is 1. The smallest absolute Gasteiger partial charge is 0.254 e. The van der Waals surface area contributed by atoms with Crippen LogP contribution in [0.5, 0.6) is 0 Å². The summed E-state index contributed by atoms with van der Waals surface area (Å²) in [5.41, 5.74) is 2.60. The number of hydrogen-bond donors (Lipinski definition) is 1. The van der Waals surface area contributed by atoms with E-state index >= 15 is 0 Å². The van der Waals surface area contributed by atoms with Crippen LogP contribution in [0.25, 0.3) is 0 Å². The van der Waals surface area contributed by atoms with E-state index in [4.69, 9.17) is 0 Å². The van der Waals surface area contributed by atoms with E-state index in [1.807, 2.05) is 54.8 Å². The molecule has 29 heavy (non-hydrogen) atoms. The minimum absolute atomic E-state index is 0.0110. The van der Waals surface area contributed by atoms with Crippen LogP contribution in [-0.4, -0.2) is 54.6 Å². The van der Waals surface area contributed by atoms with Crippen LogP contribution in [0.2, 0.25) is 0 Å². The number of likely N-dealkylation sites (N-methyl/N-ethyl adjacent to an activating group) is 1. The Balaban J connectivity index is 1.54. The van der Waals surface area contributed by atoms with Gasteiger partial charge in [-0.2, -0.15) is 0 Å². The fraction of sp³-hybridized carbons (Fsp3) is 0.391. The summed E-state index contributed by atoms with van der Waals surface area (Å²) in [5.74, 6) is -0.355. The first-order valence-corrected chi connectivity index (χ1v) is 11.3. The van der Waals surface area contributed by atoms with Crippen molar-refractivity contribution < 1.29 is 9.59 Å². The van der Waals surface area contributed by atoms with Crippen molar-refractivity contribution in [2.75, 3.05) is 38.3 Å². The van der Waals surface area contributed by atoms with Crippen LogP contribution in [-0.2, 0) is 11.3 Å². The van der Waals surface area contributed by atoms with Crippen molar-refractivity contribution in [3.63, 3.8) is 0 Å². The molecule has 1 N–H and O–H groups in total. The highest BCUT2D eigenvalue weighted by Gasteiger charge is 2.16. The summed E-state index contributed by atoms with van der Waals surface area (Å²) in [4.78, 5) is 30.0. The first-order chi connectivity index (χ1) is 14.1. The average molecular weight is 412 g/mol. The fourth-order valence-electron chi connectivity index (χ4n) is 3.57. The number of nitrogens with zero attached hydrogens (tertiary/aromatic N) is 2. The van der Waals surface area contributed by atoms with E-state index in [1.165, 1.54) is 29.7 Å². The number of benzene rings is 2. The van der Waals surface area contributed by atoms with Crippen LogP contribution in [0.3, 0.4) is 0 Å². The Hall–Kier alpha value is -2.31. The van der Waals surface area contributed by atoms with Crippen LogP contribution in [0.1, 0.15) is 35.2 Å². The van der Waals surface area contributed by atoms with E-state index in [0.29, 0.717) is 5.56 Å². The quantitative estimate of drug-likeness (QED) is 0.697. The van der Waals surface area contributed by atoms with Gasteiger partial charge in [-0.3, -0.25) is 14.5 Å². The Morgan fingerprint density at radius 3 is 2.41 bits per heavy atom. The van der Waals surface area contributed by atoms with E-state index in [2.05, 4.69) is 10.2 Å². The number of para-hydroxylation sites is 1. The second-order valence-corrected chi connectivity index (χ2v) is 8.29. The molecule has 0 atom stereocenters. The first-order valence-electron chi connectivity index (χ1n) is 10.1. The van der Waals surface area contributed by atoms with E-state index in [0.717, 1.165) is 30.2 Å². The van der Waals surface area contributed by atoms with Gasteiger partial charge < -0.3 is 10.2 Å². The lowest BCUT2D eigenvalue weighted by molar-refractivity contribution is -0.116. The number of carbonyl (C=O) groups excluding carboxylic acids is 2. The number of thioether (sulfide) groups is 1. The summed E-state index contributed by atoms with van der Waals surface area (Å²) in [6.07, 6.45) is 5.83. The summed E-state index contributed by atoms with van der Waals surface area (Å²) >= 11 is 1.57. The molecule has 1 heterocycles. The molecular formula is C23H29N3O2S. The van der Waals surface area contributed by atoms with E-state index in [-0.39, 0.29) is 18.4 Å². The highest BCUT2D eigenvalue weighted by Crippen LogP contribution is 2.24. The van der Waals surface area contributed by atoms with Gasteiger partial charge in [-0.25, -0.2) is 0 Å². The zero-order chi connectivity index (χ0) is 20.6. The lowest BCUT2D eigenvalue weighted by Gasteiger charge is -2.26. The molecule has 5 nitrogen and oxygen atoms in total. The molecule has 3 rings (SSSR count). The average Bonchev–Trinajstić information content (AvgIpc) is 2.75. The number of nitrogens with one attached hydrogen (secondary N) is 1. The minimum Gasteiger partial charge on any atom is -0.332 e. The lowest BCUT2D eigenvalue weighted by Crippen LogP contribution is -2.35. The van der Waals surface area contributed by atoms with Gasteiger partial charge in [0.15, 0.2) is 0 Å². The zero-order valence-corrected chi connectivity index (χ0v) is 18.0. The maximum atomic E-state index is 12.7. The molecule has 0 radical (unpaired) electrons. The van der Waals surface area contributed by atoms with Gasteiger partial charge >= 0.3 is 0 Å². The first kappa shape index (κ1) is 21.4. The highest BCUT2D eigenvalue weighted by molar-refractivity contribution is 7.98. The molecular weight excluding hydrogens is 382 g/mol. The normalized spacial score (nSPS) is 14.4. The topological polar surface area (TPSA) is 52.7 Å². The fourth-order valence-corrected chi connectivity index (χ4v) is 4.13. The molecule has 2 amide bonds. The van der Waals surface area contributed by atoms with Gasteiger partial charge in [0.1, 0.15) is 0 Å². The summed E-state index contributed by atoms with van der Waals surface area (Å²) in [6, 6.07) is 15.4. The molecule has 6 heteroatoms. The molecule has 1 saturated heterocycles. The Kier molecular flexibility index (Phi) is 7.72. The second-order valence-electron chi connectivity index (χ2n) is 7.44. The Morgan fingerprint density at radius 1 is 1.03 bits per heavy atom. The predicted molar refractivity (Wildman–Crippen MR) is 119 cm³/mol. The second kappa shape index (κ2) is 10.5. The van der Waals surface area contributed by atoms with Crippen LogP contribution in [0.4, 0.5) is 5.69 Å². The third-order valence-electron chi connectivity index (χ3n) is 5.16. The molecule has 2 aromatic rings. The standard InChI is InChI=1S/C23H29N3O2S/c1-25(17-22(27)24-20-8-4-5-9-21(20)29-2)23(28)19-12-10-18(11-13-19)16-26-14-6-3-7-15-26/h4-5,8-13H,3,6-7,14-17H2,1-2H3,(H,24,27). The van der Waals surface area contributed by atoms with Crippen molar-refractivity contribution in [1.29, 1.82) is 0 Å². The largest absolute Gasteiger partial charge is 0.332 e. The van der Waals surface area contributed by atoms with Gasteiger partial charge in [-0.1, -0.05) is 30.7 Å². The summed E-state index contributed by atoms with van der Waals surface area (Å²) in [5, 5.41) is 2.89. The van der Waals surface area contributed by atoms with E-state index in [1.54, 1.807) is 18.8 Å². The van der Waals surface area contributed by atoms with Crippen LogP contribution in [0, 0.1) is 0 Å². The number of piperidine rings is 1. The van der Waals surface area contributed by atoms with Crippen molar-refractivity contribution >= 4 is 29.3 Å². The number of rotatable bonds is 7. The van der Waals surface area contributed by atoms with Gasteiger partial charge in [-0.15, -0.1) is 11.8 Å². The Labute approximate surface area is 177 Å². The van der Waals surface area contributed by atoms with Crippen molar-refractivity contribution in [3.05, 3.63) is 59.7 Å². The third kappa shape index (κ3) is 6.08. The summed E-state index contributed by atoms with van der Waals surface area (Å²) < 4.78 is 0. The lowest BCUT2D eigenvalue weighted by atomic mass is 10.1. The van der Waals surface area contributed by atoms with Crippen molar-refractivity contribution in [3.8, 4) is 0 Å². The number of likely N-dealkylation sites (tertiary alicyclic amines) is 1. The Bertz CT molecular complexity index is 832. The van der Waals surface area contributed by atoms with Gasteiger partial charge in [0.2, 0.25) is 5.91 Å². The van der Waals surface area contributed by atoms with Crippen molar-refractivity contribution in [1.82, 2.24) is 9.80 Å². The molecule has 0 saturated carbocycles. The zero-order valence-electron chi connectivity index (χ0n) is 17.2. The van der Waals surface area contributed by atoms with Crippen LogP contribution in [0.15, 0.2) is 53.4 Å². The predicted octanol–water partition coefficient (Wildman–Crippen LogP) is 4.11. The molecule has 1 fully saturated rings. The SMILES string of the molecule is CSc1ccccc1NC(=O)CN(C)C(=O)c1ccc(CN2CCCCC2)cc1. The maximum absolute atomic E-state index is 12.7. The minimum atomic E-state index is -0.205. The highest BCUT2D eigenvalue weighted by atomic mass is 32.2. The molecule has 0 spiro atoms. The number of carbonyl (C=O) groups is 2. The molecule has 0 bridgehead atoms. The molecule has 0 aromatic heterocycles. The van der Waals surface area contributed by atoms with Gasteiger partial charge in [0.25, 0.3) is 5.91 Å². The maximum Gasteiger partial charge on any atom is 0.254 e. The van der Waals surface area contributed by atoms with Crippen molar-refractivity contribution in [2.24, 2.45) is 0 Å². The molecule has 1 aliphatic rings. The van der Waals surface area contributed by atoms with Gasteiger partial charge in [0, 0.05) is 24.1 Å². The molecule has 1 aliphatic heterocycles. The monoisotopic (exact) mass is 411 g/mol. The molecule has 0 aliphatic carbocycles. The van der Waals surface area contributed by atoms with Crippen LogP contribution < -0.4 is 5.32 Å². The number of amides is 2. The summed E-state index contributed by atoms with van der Waals surface area (Å²) in [6.45, 7) is 3.25. The molecule has 154 valence electrons. The molecule has 2 aromatic carbocycles. The van der Waals surface area contributed by atoms with Crippen molar-refractivity contribution in [2.45, 2.75) is 30.7 Å². The van der Waals surface area contributed by atoms with Crippen LogP contribution >= 0.6 is 11.8 Å². The van der Waals surface area contributed by atoms with E-state index in [9.17, 15) is 9.59 Å². The van der Waals surface area contributed by atoms with Gasteiger partial charge in [-0.05, 0) is 62.0 Å². The number of hydrogen-bond acceptors (Lipinski definition) is 4.